The molecule has 2 aliphatic carbocycles. The molecule has 4 nitrogen and oxygen atoms in total. The van der Waals surface area contributed by atoms with Gasteiger partial charge in [-0.25, -0.2) is 0 Å². The first-order valence-electron chi connectivity index (χ1n) is 26.6. The number of nitrogens with zero attached hydrogens (tertiary/aromatic N) is 3. The lowest BCUT2D eigenvalue weighted by molar-refractivity contribution is 0.669. The largest absolute Gasteiger partial charge is 0.454 e. The number of fused-ring (bicyclic) bond motifs is 20. The Hall–Kier alpha value is -10.2. The Kier molecular flexibility index (Phi) is 8.73. The first-order chi connectivity index (χ1) is 38.2. The van der Waals surface area contributed by atoms with Crippen LogP contribution in [0.1, 0.15) is 22.3 Å². The smallest absolute Gasteiger partial charge is 0.159 e. The van der Waals surface area contributed by atoms with E-state index in [-0.39, 0.29) is 0 Å². The number of hydrogen-bond acceptors (Lipinski definition) is 2. The molecular weight excluding hydrogens is 935 g/mol. The summed E-state index contributed by atoms with van der Waals surface area (Å²) in [5.74, 6) is 0. The van der Waals surface area contributed by atoms with E-state index in [9.17, 15) is 0 Å². The molecule has 3 heterocycles. The highest BCUT2D eigenvalue weighted by Gasteiger charge is 2.52. The van der Waals surface area contributed by atoms with E-state index in [0.29, 0.717) is 0 Å². The lowest BCUT2D eigenvalue weighted by atomic mass is 9.70. The molecule has 0 amide bonds. The number of rotatable bonds is 6. The van der Waals surface area contributed by atoms with Crippen molar-refractivity contribution in [3.05, 3.63) is 295 Å². The predicted molar refractivity (Wildman–Crippen MR) is 319 cm³/mol. The van der Waals surface area contributed by atoms with Gasteiger partial charge in [-0.3, -0.25) is 0 Å². The van der Waals surface area contributed by atoms with Crippen molar-refractivity contribution in [3.63, 3.8) is 0 Å². The van der Waals surface area contributed by atoms with Gasteiger partial charge in [0.25, 0.3) is 0 Å². The molecule has 0 radical (unpaired) electrons. The summed E-state index contributed by atoms with van der Waals surface area (Å²) < 4.78 is 11.7. The van der Waals surface area contributed by atoms with E-state index in [1.54, 1.807) is 0 Å². The van der Waals surface area contributed by atoms with Crippen LogP contribution in [0.5, 0.6) is 0 Å². The first kappa shape index (κ1) is 42.2. The van der Waals surface area contributed by atoms with Gasteiger partial charge in [-0.15, -0.1) is 0 Å². The highest BCUT2D eigenvalue weighted by Crippen LogP contribution is 2.64. The molecule has 0 saturated carbocycles. The van der Waals surface area contributed by atoms with Crippen molar-refractivity contribution in [1.82, 2.24) is 9.13 Å². The molecular formula is C73H45N3O. The average molecular weight is 980 g/mol. The molecule has 1 unspecified atom stereocenters. The van der Waals surface area contributed by atoms with Crippen LogP contribution >= 0.6 is 0 Å². The second-order valence-corrected chi connectivity index (χ2v) is 20.7. The molecule has 12 aromatic carbocycles. The third-order valence-corrected chi connectivity index (χ3v) is 16.9. The Labute approximate surface area is 444 Å². The van der Waals surface area contributed by atoms with E-state index < -0.39 is 5.41 Å². The average Bonchev–Trinajstić information content (AvgIpc) is 4.44. The van der Waals surface area contributed by atoms with Gasteiger partial charge >= 0.3 is 0 Å². The highest BCUT2D eigenvalue weighted by molar-refractivity contribution is 6.19. The molecule has 3 aromatic heterocycles. The third kappa shape index (κ3) is 5.76. The van der Waals surface area contributed by atoms with Gasteiger partial charge in [-0.1, -0.05) is 188 Å². The van der Waals surface area contributed by atoms with Gasteiger partial charge < -0.3 is 18.5 Å². The number of hydrogen-bond donors (Lipinski definition) is 0. The molecule has 77 heavy (non-hydrogen) atoms. The van der Waals surface area contributed by atoms with Crippen LogP contribution in [-0.2, 0) is 5.41 Å². The minimum atomic E-state index is -0.557. The summed E-state index contributed by atoms with van der Waals surface area (Å²) in [5, 5.41) is 7.12. The molecule has 358 valence electrons. The lowest BCUT2D eigenvalue weighted by Gasteiger charge is -2.31. The van der Waals surface area contributed by atoms with Crippen molar-refractivity contribution in [2.45, 2.75) is 5.41 Å². The maximum absolute atomic E-state index is 6.78. The Morgan fingerprint density at radius 2 is 0.909 bits per heavy atom. The molecule has 1 spiro atoms. The predicted octanol–water partition coefficient (Wildman–Crippen LogP) is 19.3. The lowest BCUT2D eigenvalue weighted by Crippen LogP contribution is -2.26. The van der Waals surface area contributed by atoms with E-state index >= 15 is 0 Å². The second kappa shape index (κ2) is 15.9. The minimum absolute atomic E-state index is 0.557. The minimum Gasteiger partial charge on any atom is -0.454 e. The molecule has 0 saturated heterocycles. The summed E-state index contributed by atoms with van der Waals surface area (Å²) >= 11 is 0. The summed E-state index contributed by atoms with van der Waals surface area (Å²) in [5.41, 5.74) is 24.1. The van der Waals surface area contributed by atoms with E-state index in [1.807, 2.05) is 6.07 Å². The van der Waals surface area contributed by atoms with Gasteiger partial charge in [0, 0.05) is 55.1 Å². The van der Waals surface area contributed by atoms with Crippen LogP contribution in [0.15, 0.2) is 277 Å². The van der Waals surface area contributed by atoms with E-state index in [2.05, 4.69) is 281 Å². The van der Waals surface area contributed by atoms with Crippen LogP contribution in [0.3, 0.4) is 0 Å². The van der Waals surface area contributed by atoms with Crippen LogP contribution in [0.25, 0.3) is 110 Å². The number of benzene rings is 12. The van der Waals surface area contributed by atoms with Crippen LogP contribution in [-0.4, -0.2) is 9.13 Å². The topological polar surface area (TPSA) is 26.2 Å². The Balaban J connectivity index is 0.885. The van der Waals surface area contributed by atoms with E-state index in [0.717, 1.165) is 61.4 Å². The zero-order chi connectivity index (χ0) is 50.3. The first-order valence-corrected chi connectivity index (χ1v) is 26.6. The molecule has 0 aliphatic heterocycles. The standard InChI is InChI=1S/C73H45N3O/c1-3-18-46(19-4-1)47-34-36-49(37-35-47)74(68-32-17-27-56-55-24-11-16-33-69(55)77-72(56)68)50-39-42-66-59(44-50)54-23-9-14-30-64(54)76(66)51-38-40-53-52-22-7-12-28-60(52)73(63(53)45-51)61-29-13-8-25-57(61)70-62(73)41-43-67-71(70)58-26-10-15-31-65(58)75(67)48-20-5-2-6-21-48/h1-45H. The second-order valence-electron chi connectivity index (χ2n) is 20.7. The molecule has 0 bridgehead atoms. The maximum atomic E-state index is 6.78. The number of aromatic nitrogens is 2. The maximum Gasteiger partial charge on any atom is 0.159 e. The molecule has 4 heteroatoms. The van der Waals surface area contributed by atoms with Gasteiger partial charge in [0.2, 0.25) is 0 Å². The quantitative estimate of drug-likeness (QED) is 0.166. The SMILES string of the molecule is c1ccc(-c2ccc(N(c3ccc4c(c3)c3ccccc3n4-c3ccc4c(c3)C3(c5ccccc5-4)c4ccccc4-c4c3ccc3c4c4ccccc4n3-c3ccccc3)c3cccc4c3oc3ccccc34)cc2)cc1. The summed E-state index contributed by atoms with van der Waals surface area (Å²) in [6.07, 6.45) is 0. The summed E-state index contributed by atoms with van der Waals surface area (Å²) in [6, 6.07) is 100. The summed E-state index contributed by atoms with van der Waals surface area (Å²) in [4.78, 5) is 2.37. The van der Waals surface area contributed by atoms with Crippen molar-refractivity contribution in [1.29, 1.82) is 0 Å². The van der Waals surface area contributed by atoms with Gasteiger partial charge in [0.15, 0.2) is 5.58 Å². The fourth-order valence-electron chi connectivity index (χ4n) is 13.8. The van der Waals surface area contributed by atoms with Gasteiger partial charge in [0.05, 0.1) is 33.2 Å². The molecule has 0 N–H and O–H groups in total. The molecule has 15 aromatic rings. The summed E-state index contributed by atoms with van der Waals surface area (Å²) in [6.45, 7) is 0. The van der Waals surface area contributed by atoms with Crippen LogP contribution in [0.4, 0.5) is 17.1 Å². The van der Waals surface area contributed by atoms with Crippen molar-refractivity contribution in [3.8, 4) is 44.8 Å². The molecule has 17 rings (SSSR count). The van der Waals surface area contributed by atoms with Crippen LogP contribution < -0.4 is 4.90 Å². The summed E-state index contributed by atoms with van der Waals surface area (Å²) in [7, 11) is 0. The van der Waals surface area contributed by atoms with Crippen molar-refractivity contribution in [2.24, 2.45) is 0 Å². The zero-order valence-corrected chi connectivity index (χ0v) is 41.7. The molecule has 2 aliphatic rings. The Morgan fingerprint density at radius 1 is 0.325 bits per heavy atom. The van der Waals surface area contributed by atoms with Crippen LogP contribution in [0.2, 0.25) is 0 Å². The molecule has 0 fully saturated rings. The number of furan rings is 1. The van der Waals surface area contributed by atoms with Crippen molar-refractivity contribution >= 4 is 82.6 Å². The normalized spacial score (nSPS) is 14.3. The zero-order valence-electron chi connectivity index (χ0n) is 41.7. The number of para-hydroxylation sites is 5. The van der Waals surface area contributed by atoms with Crippen molar-refractivity contribution < 1.29 is 4.42 Å². The van der Waals surface area contributed by atoms with E-state index in [4.69, 9.17) is 4.42 Å². The Morgan fingerprint density at radius 3 is 1.73 bits per heavy atom. The van der Waals surface area contributed by atoms with Gasteiger partial charge in [0.1, 0.15) is 5.58 Å². The highest BCUT2D eigenvalue weighted by atomic mass is 16.3. The monoisotopic (exact) mass is 979 g/mol. The van der Waals surface area contributed by atoms with Crippen molar-refractivity contribution in [2.75, 3.05) is 4.90 Å². The van der Waals surface area contributed by atoms with Crippen LogP contribution in [0, 0.1) is 0 Å². The van der Waals surface area contributed by atoms with Gasteiger partial charge in [-0.05, 0) is 141 Å². The third-order valence-electron chi connectivity index (χ3n) is 16.9. The molecule has 1 atom stereocenters. The number of anilines is 3. The fourth-order valence-corrected chi connectivity index (χ4v) is 13.8. The van der Waals surface area contributed by atoms with E-state index in [1.165, 1.54) is 88.2 Å². The Bertz CT molecular complexity index is 4920. The fraction of sp³-hybridized carbons (Fsp3) is 0.0137. The van der Waals surface area contributed by atoms with Gasteiger partial charge in [-0.2, -0.15) is 0 Å².